The third kappa shape index (κ3) is 3.08. The third-order valence-electron chi connectivity index (χ3n) is 2.88. The number of nitrogens with one attached hydrogen (secondary N) is 1. The van der Waals surface area contributed by atoms with Gasteiger partial charge in [0.2, 0.25) is 0 Å². The number of hydrogen-bond donors (Lipinski definition) is 2. The highest BCUT2D eigenvalue weighted by Gasteiger charge is 2.05. The van der Waals surface area contributed by atoms with Crippen LogP contribution in [0.4, 0.5) is 5.82 Å². The minimum Gasteiger partial charge on any atom is -0.389 e. The van der Waals surface area contributed by atoms with Crippen LogP contribution in [0.2, 0.25) is 0 Å². The summed E-state index contributed by atoms with van der Waals surface area (Å²) in [6, 6.07) is 12.2. The molecule has 3 nitrogen and oxygen atoms in total. The van der Waals surface area contributed by atoms with E-state index in [0.717, 1.165) is 23.5 Å². The molecule has 0 radical (unpaired) electrons. The zero-order valence-electron chi connectivity index (χ0n) is 10.7. The molecule has 2 rings (SSSR count). The summed E-state index contributed by atoms with van der Waals surface area (Å²) >= 11 is 0. The molecule has 0 aliphatic heterocycles. The number of aromatic nitrogens is 1. The van der Waals surface area contributed by atoms with Crippen molar-refractivity contribution in [3.63, 3.8) is 0 Å². The average Bonchev–Trinajstić information content (AvgIpc) is 2.38. The molecule has 18 heavy (non-hydrogen) atoms. The zero-order valence-corrected chi connectivity index (χ0v) is 10.7. The lowest BCUT2D eigenvalue weighted by atomic mass is 10.1. The number of aliphatic hydroxyl groups excluding tert-OH is 1. The second kappa shape index (κ2) is 5.65. The summed E-state index contributed by atoms with van der Waals surface area (Å²) in [6.45, 7) is 4.49. The van der Waals surface area contributed by atoms with Crippen molar-refractivity contribution in [2.24, 2.45) is 0 Å². The van der Waals surface area contributed by atoms with E-state index < -0.39 is 6.10 Å². The van der Waals surface area contributed by atoms with Gasteiger partial charge in [0.25, 0.3) is 0 Å². The molecule has 1 atom stereocenters. The molecule has 1 aromatic carbocycles. The molecule has 1 aromatic heterocycles. The Bertz CT molecular complexity index is 509. The van der Waals surface area contributed by atoms with E-state index in [0.29, 0.717) is 0 Å². The maximum atomic E-state index is 9.49. The molecule has 0 amide bonds. The lowest BCUT2D eigenvalue weighted by molar-refractivity contribution is 0.199. The van der Waals surface area contributed by atoms with Crippen molar-refractivity contribution in [2.45, 2.75) is 26.5 Å². The van der Waals surface area contributed by atoms with Crippen LogP contribution in [0.15, 0.2) is 42.6 Å². The van der Waals surface area contributed by atoms with Gasteiger partial charge in [0.1, 0.15) is 5.82 Å². The highest BCUT2D eigenvalue weighted by atomic mass is 16.3. The van der Waals surface area contributed by atoms with Crippen molar-refractivity contribution in [1.82, 2.24) is 4.98 Å². The van der Waals surface area contributed by atoms with E-state index in [2.05, 4.69) is 22.4 Å². The highest BCUT2D eigenvalue weighted by Crippen LogP contribution is 2.18. The van der Waals surface area contributed by atoms with E-state index in [9.17, 15) is 5.11 Å². The van der Waals surface area contributed by atoms with E-state index >= 15 is 0 Å². The first kappa shape index (κ1) is 12.6. The van der Waals surface area contributed by atoms with Crippen LogP contribution in [-0.2, 0) is 6.54 Å². The summed E-state index contributed by atoms with van der Waals surface area (Å²) in [5, 5.41) is 12.8. The van der Waals surface area contributed by atoms with Gasteiger partial charge in [-0.1, -0.05) is 30.3 Å². The number of aliphatic hydroxyl groups is 1. The lowest BCUT2D eigenvalue weighted by Gasteiger charge is -2.11. The van der Waals surface area contributed by atoms with Crippen molar-refractivity contribution in [3.8, 4) is 0 Å². The predicted octanol–water partition coefficient (Wildman–Crippen LogP) is 3.06. The minimum atomic E-state index is -0.473. The monoisotopic (exact) mass is 242 g/mol. The van der Waals surface area contributed by atoms with Crippen molar-refractivity contribution >= 4 is 5.82 Å². The van der Waals surface area contributed by atoms with E-state index in [1.54, 1.807) is 13.1 Å². The van der Waals surface area contributed by atoms with Crippen LogP contribution in [0, 0.1) is 6.92 Å². The topological polar surface area (TPSA) is 45.2 Å². The van der Waals surface area contributed by atoms with Crippen molar-refractivity contribution < 1.29 is 5.11 Å². The molecule has 0 aliphatic carbocycles. The molecule has 0 saturated carbocycles. The quantitative estimate of drug-likeness (QED) is 0.866. The first-order chi connectivity index (χ1) is 8.66. The Morgan fingerprint density at radius 3 is 2.61 bits per heavy atom. The van der Waals surface area contributed by atoms with E-state index in [-0.39, 0.29) is 0 Å². The number of rotatable bonds is 4. The van der Waals surface area contributed by atoms with Crippen LogP contribution < -0.4 is 5.32 Å². The summed E-state index contributed by atoms with van der Waals surface area (Å²) in [6.07, 6.45) is 1.24. The summed E-state index contributed by atoms with van der Waals surface area (Å²) in [5.74, 6) is 0.864. The molecule has 2 N–H and O–H groups in total. The fraction of sp³-hybridized carbons (Fsp3) is 0.267. The van der Waals surface area contributed by atoms with Crippen LogP contribution in [-0.4, -0.2) is 10.1 Å². The summed E-state index contributed by atoms with van der Waals surface area (Å²) in [5.41, 5.74) is 3.11. The number of pyridine rings is 1. The maximum absolute atomic E-state index is 9.49. The van der Waals surface area contributed by atoms with E-state index in [1.165, 1.54) is 5.56 Å². The van der Waals surface area contributed by atoms with Gasteiger partial charge in [-0.25, -0.2) is 4.98 Å². The van der Waals surface area contributed by atoms with Gasteiger partial charge in [0.15, 0.2) is 0 Å². The number of nitrogens with zero attached hydrogens (tertiary/aromatic N) is 1. The number of hydrogen-bond acceptors (Lipinski definition) is 3. The summed E-state index contributed by atoms with van der Waals surface area (Å²) < 4.78 is 0. The number of aryl methyl sites for hydroxylation is 1. The molecule has 94 valence electrons. The SMILES string of the molecule is Cc1cc([C@H](C)O)cnc1NCc1ccccc1. The summed E-state index contributed by atoms with van der Waals surface area (Å²) in [7, 11) is 0. The molecule has 2 aromatic rings. The molecular formula is C15H18N2O. The van der Waals surface area contributed by atoms with E-state index in [4.69, 9.17) is 0 Å². The van der Waals surface area contributed by atoms with Crippen molar-refractivity contribution in [3.05, 3.63) is 59.3 Å². The van der Waals surface area contributed by atoms with Gasteiger partial charge in [0.05, 0.1) is 6.10 Å². The normalized spacial score (nSPS) is 12.2. The van der Waals surface area contributed by atoms with Crippen molar-refractivity contribution in [1.29, 1.82) is 0 Å². The molecule has 0 saturated heterocycles. The Labute approximate surface area is 108 Å². The van der Waals surface area contributed by atoms with Crippen LogP contribution in [0.3, 0.4) is 0 Å². The molecule has 0 spiro atoms. The second-order valence-electron chi connectivity index (χ2n) is 4.45. The Morgan fingerprint density at radius 2 is 2.00 bits per heavy atom. The number of benzene rings is 1. The predicted molar refractivity (Wildman–Crippen MR) is 73.4 cm³/mol. The number of anilines is 1. The lowest BCUT2D eigenvalue weighted by Crippen LogP contribution is -2.04. The van der Waals surface area contributed by atoms with Gasteiger partial charge in [-0.15, -0.1) is 0 Å². The Hall–Kier alpha value is -1.87. The molecule has 0 bridgehead atoms. The van der Waals surface area contributed by atoms with Crippen LogP contribution in [0.1, 0.15) is 29.7 Å². The Kier molecular flexibility index (Phi) is 3.95. The van der Waals surface area contributed by atoms with Gasteiger partial charge < -0.3 is 10.4 Å². The molecule has 1 heterocycles. The van der Waals surface area contributed by atoms with Crippen LogP contribution >= 0.6 is 0 Å². The fourth-order valence-electron chi connectivity index (χ4n) is 1.79. The van der Waals surface area contributed by atoms with Gasteiger partial charge in [-0.2, -0.15) is 0 Å². The van der Waals surface area contributed by atoms with Gasteiger partial charge >= 0.3 is 0 Å². The summed E-state index contributed by atoms with van der Waals surface area (Å²) in [4.78, 5) is 4.34. The Morgan fingerprint density at radius 1 is 1.28 bits per heavy atom. The molecular weight excluding hydrogens is 224 g/mol. The zero-order chi connectivity index (χ0) is 13.0. The first-order valence-electron chi connectivity index (χ1n) is 6.09. The highest BCUT2D eigenvalue weighted by molar-refractivity contribution is 5.45. The minimum absolute atomic E-state index is 0.473. The smallest absolute Gasteiger partial charge is 0.129 e. The van der Waals surface area contributed by atoms with Gasteiger partial charge in [0, 0.05) is 12.7 Å². The second-order valence-corrected chi connectivity index (χ2v) is 4.45. The van der Waals surface area contributed by atoms with Crippen molar-refractivity contribution in [2.75, 3.05) is 5.32 Å². The standard InChI is InChI=1S/C15H18N2O/c1-11-8-14(12(2)18)10-17-15(11)16-9-13-6-4-3-5-7-13/h3-8,10,12,18H,9H2,1-2H3,(H,16,17)/t12-/m0/s1. The Balaban J connectivity index is 2.06. The first-order valence-corrected chi connectivity index (χ1v) is 6.09. The average molecular weight is 242 g/mol. The van der Waals surface area contributed by atoms with Crippen LogP contribution in [0.25, 0.3) is 0 Å². The van der Waals surface area contributed by atoms with E-state index in [1.807, 2.05) is 31.2 Å². The fourth-order valence-corrected chi connectivity index (χ4v) is 1.79. The molecule has 3 heteroatoms. The van der Waals surface area contributed by atoms with Crippen LogP contribution in [0.5, 0.6) is 0 Å². The third-order valence-corrected chi connectivity index (χ3v) is 2.88. The largest absolute Gasteiger partial charge is 0.389 e. The van der Waals surface area contributed by atoms with Gasteiger partial charge in [-0.05, 0) is 36.6 Å². The van der Waals surface area contributed by atoms with Gasteiger partial charge in [-0.3, -0.25) is 0 Å². The molecule has 0 fully saturated rings. The maximum Gasteiger partial charge on any atom is 0.129 e. The molecule has 0 aliphatic rings. The molecule has 0 unspecified atom stereocenters.